The fourth-order valence-corrected chi connectivity index (χ4v) is 2.87. The lowest BCUT2D eigenvalue weighted by Crippen LogP contribution is -2.29. The molecule has 1 heterocycles. The topological polar surface area (TPSA) is 72.9 Å². The summed E-state index contributed by atoms with van der Waals surface area (Å²) >= 11 is 0. The highest BCUT2D eigenvalue weighted by atomic mass is 16.5. The average molecular weight is 339 g/mol. The Morgan fingerprint density at radius 2 is 1.64 bits per heavy atom. The van der Waals surface area contributed by atoms with Crippen LogP contribution in [0.25, 0.3) is 0 Å². The molecule has 2 aromatic rings. The molecule has 0 saturated carbocycles. The van der Waals surface area contributed by atoms with E-state index in [1.807, 2.05) is 0 Å². The summed E-state index contributed by atoms with van der Waals surface area (Å²) in [6.45, 7) is 3.60. The zero-order valence-electron chi connectivity index (χ0n) is 14.2. The molecule has 0 fully saturated rings. The maximum atomic E-state index is 12.9. The maximum absolute atomic E-state index is 12.9. The maximum Gasteiger partial charge on any atom is 0.338 e. The van der Waals surface area contributed by atoms with Crippen LogP contribution < -0.4 is 9.64 Å². The van der Waals surface area contributed by atoms with E-state index >= 15 is 0 Å². The summed E-state index contributed by atoms with van der Waals surface area (Å²) in [5.41, 5.74) is 1.50. The van der Waals surface area contributed by atoms with Gasteiger partial charge in [0.05, 0.1) is 36.1 Å². The molecule has 0 saturated heterocycles. The summed E-state index contributed by atoms with van der Waals surface area (Å²) in [5, 5.41) is 0. The molecule has 0 aromatic heterocycles. The second-order valence-corrected chi connectivity index (χ2v) is 5.54. The normalized spacial score (nSPS) is 13.0. The third-order valence-electron chi connectivity index (χ3n) is 4.07. The van der Waals surface area contributed by atoms with E-state index in [-0.39, 0.29) is 23.3 Å². The standard InChI is InChI=1S/C19H17NO5/c1-4-25-19(23)14-10-5-11(2)15-16(14)18(22)20(17(15)21)12-6-8-13(24-3)9-7-12/h5-10H,4H2,1-3H3. The van der Waals surface area contributed by atoms with Crippen molar-refractivity contribution < 1.29 is 23.9 Å². The van der Waals surface area contributed by atoms with E-state index in [9.17, 15) is 14.4 Å². The molecule has 2 aromatic carbocycles. The molecule has 128 valence electrons. The number of esters is 1. The van der Waals surface area contributed by atoms with Crippen LogP contribution in [0.5, 0.6) is 5.75 Å². The van der Waals surface area contributed by atoms with Crippen molar-refractivity contribution in [1.82, 2.24) is 0 Å². The van der Waals surface area contributed by atoms with E-state index in [4.69, 9.17) is 9.47 Å². The van der Waals surface area contributed by atoms with Crippen LogP contribution in [0.15, 0.2) is 36.4 Å². The highest BCUT2D eigenvalue weighted by molar-refractivity contribution is 6.36. The number of hydrogen-bond donors (Lipinski definition) is 0. The van der Waals surface area contributed by atoms with Gasteiger partial charge in [-0.15, -0.1) is 0 Å². The number of anilines is 1. The van der Waals surface area contributed by atoms with Crippen molar-refractivity contribution in [2.24, 2.45) is 0 Å². The Balaban J connectivity index is 2.10. The third-order valence-corrected chi connectivity index (χ3v) is 4.07. The SMILES string of the molecule is CCOC(=O)c1ccc(C)c2c1C(=O)N(c1ccc(OC)cc1)C2=O. The Morgan fingerprint density at radius 3 is 2.24 bits per heavy atom. The van der Waals surface area contributed by atoms with E-state index in [1.165, 1.54) is 13.2 Å². The molecular formula is C19H17NO5. The molecule has 0 atom stereocenters. The molecule has 0 aliphatic carbocycles. The monoisotopic (exact) mass is 339 g/mol. The third kappa shape index (κ3) is 2.65. The van der Waals surface area contributed by atoms with Crippen molar-refractivity contribution in [2.45, 2.75) is 13.8 Å². The summed E-state index contributed by atoms with van der Waals surface area (Å²) < 4.78 is 10.1. The van der Waals surface area contributed by atoms with Crippen molar-refractivity contribution in [2.75, 3.05) is 18.6 Å². The molecule has 0 spiro atoms. The fourth-order valence-electron chi connectivity index (χ4n) is 2.87. The largest absolute Gasteiger partial charge is 0.497 e. The number of amides is 2. The van der Waals surface area contributed by atoms with Gasteiger partial charge < -0.3 is 9.47 Å². The first-order valence-electron chi connectivity index (χ1n) is 7.83. The molecule has 1 aliphatic rings. The van der Waals surface area contributed by atoms with Gasteiger partial charge in [-0.2, -0.15) is 0 Å². The summed E-state index contributed by atoms with van der Waals surface area (Å²) in [6.07, 6.45) is 0. The summed E-state index contributed by atoms with van der Waals surface area (Å²) in [5.74, 6) is -0.981. The number of carbonyl (C=O) groups is 3. The Labute approximate surface area is 145 Å². The first-order chi connectivity index (χ1) is 12.0. The lowest BCUT2D eigenvalue weighted by molar-refractivity contribution is 0.0523. The number of ether oxygens (including phenoxy) is 2. The molecule has 0 radical (unpaired) electrons. The predicted octanol–water partition coefficient (Wildman–Crippen LogP) is 2.98. The van der Waals surface area contributed by atoms with Crippen molar-refractivity contribution in [3.05, 3.63) is 58.7 Å². The van der Waals surface area contributed by atoms with Gasteiger partial charge in [0.15, 0.2) is 0 Å². The average Bonchev–Trinajstić information content (AvgIpc) is 2.87. The quantitative estimate of drug-likeness (QED) is 0.632. The molecule has 0 bridgehead atoms. The van der Waals surface area contributed by atoms with Crippen LogP contribution in [0.2, 0.25) is 0 Å². The molecule has 6 nitrogen and oxygen atoms in total. The number of hydrogen-bond acceptors (Lipinski definition) is 5. The van der Waals surface area contributed by atoms with Crippen molar-refractivity contribution in [1.29, 1.82) is 0 Å². The van der Waals surface area contributed by atoms with Crippen molar-refractivity contribution in [3.63, 3.8) is 0 Å². The first-order valence-corrected chi connectivity index (χ1v) is 7.83. The number of nitrogens with zero attached hydrogens (tertiary/aromatic N) is 1. The second kappa shape index (κ2) is 6.39. The molecule has 6 heteroatoms. The van der Waals surface area contributed by atoms with E-state index in [0.29, 0.717) is 17.0 Å². The van der Waals surface area contributed by atoms with E-state index in [1.54, 1.807) is 44.2 Å². The number of carbonyl (C=O) groups excluding carboxylic acids is 3. The number of aryl methyl sites for hydroxylation is 1. The van der Waals surface area contributed by atoms with Crippen LogP contribution in [0.4, 0.5) is 5.69 Å². The van der Waals surface area contributed by atoms with E-state index < -0.39 is 17.8 Å². The van der Waals surface area contributed by atoms with Crippen LogP contribution in [0, 0.1) is 6.92 Å². The van der Waals surface area contributed by atoms with Gasteiger partial charge in [-0.25, -0.2) is 9.69 Å². The summed E-state index contributed by atoms with van der Waals surface area (Å²) in [4.78, 5) is 39.0. The second-order valence-electron chi connectivity index (χ2n) is 5.54. The molecule has 0 unspecified atom stereocenters. The number of fused-ring (bicyclic) bond motifs is 1. The Bertz CT molecular complexity index is 870. The van der Waals surface area contributed by atoms with Gasteiger partial charge in [-0.05, 0) is 49.7 Å². The highest BCUT2D eigenvalue weighted by Crippen LogP contribution is 2.33. The van der Waals surface area contributed by atoms with Crippen LogP contribution in [0.3, 0.4) is 0 Å². The van der Waals surface area contributed by atoms with E-state index in [2.05, 4.69) is 0 Å². The Morgan fingerprint density at radius 1 is 1.00 bits per heavy atom. The van der Waals surface area contributed by atoms with Crippen LogP contribution >= 0.6 is 0 Å². The molecule has 3 rings (SSSR count). The summed E-state index contributed by atoms with van der Waals surface area (Å²) in [6, 6.07) is 9.75. The molecule has 1 aliphatic heterocycles. The molecular weight excluding hydrogens is 322 g/mol. The number of benzene rings is 2. The van der Waals surface area contributed by atoms with E-state index in [0.717, 1.165) is 4.90 Å². The van der Waals surface area contributed by atoms with Crippen LogP contribution in [-0.4, -0.2) is 31.5 Å². The van der Waals surface area contributed by atoms with Gasteiger partial charge in [0.25, 0.3) is 11.8 Å². The number of imide groups is 1. The van der Waals surface area contributed by atoms with Gasteiger partial charge in [0.2, 0.25) is 0 Å². The summed E-state index contributed by atoms with van der Waals surface area (Å²) in [7, 11) is 1.53. The molecule has 25 heavy (non-hydrogen) atoms. The number of methoxy groups -OCH3 is 1. The predicted molar refractivity (Wildman–Crippen MR) is 91.3 cm³/mol. The van der Waals surface area contributed by atoms with Crippen LogP contribution in [-0.2, 0) is 4.74 Å². The minimum Gasteiger partial charge on any atom is -0.497 e. The lowest BCUT2D eigenvalue weighted by Gasteiger charge is -2.14. The Kier molecular flexibility index (Phi) is 4.27. The first kappa shape index (κ1) is 16.7. The molecule has 2 amide bonds. The Hall–Kier alpha value is -3.15. The van der Waals surface area contributed by atoms with Crippen molar-refractivity contribution >= 4 is 23.5 Å². The zero-order chi connectivity index (χ0) is 18.1. The zero-order valence-corrected chi connectivity index (χ0v) is 14.2. The van der Waals surface area contributed by atoms with Crippen LogP contribution in [0.1, 0.15) is 43.6 Å². The fraction of sp³-hybridized carbons (Fsp3) is 0.211. The van der Waals surface area contributed by atoms with Crippen molar-refractivity contribution in [3.8, 4) is 5.75 Å². The smallest absolute Gasteiger partial charge is 0.338 e. The lowest BCUT2D eigenvalue weighted by atomic mass is 9.98. The van der Waals surface area contributed by atoms with Gasteiger partial charge in [0, 0.05) is 0 Å². The van der Waals surface area contributed by atoms with Gasteiger partial charge in [0.1, 0.15) is 5.75 Å². The van der Waals surface area contributed by atoms with Gasteiger partial charge >= 0.3 is 5.97 Å². The van der Waals surface area contributed by atoms with Gasteiger partial charge in [-0.1, -0.05) is 6.07 Å². The molecule has 0 N–H and O–H groups in total. The van der Waals surface area contributed by atoms with Gasteiger partial charge in [-0.3, -0.25) is 9.59 Å². The minimum atomic E-state index is -0.614. The minimum absolute atomic E-state index is 0.0965. The highest BCUT2D eigenvalue weighted by Gasteiger charge is 2.41. The number of rotatable bonds is 4.